The molecule has 6 nitrogen and oxygen atoms in total. The SMILES string of the molecule is COc1ccc(CCNC(=O)c2nc(-c3ccc(Cl)cc3)n3c2CCCCC3)cc1OC. The van der Waals surface area contributed by atoms with E-state index < -0.39 is 0 Å². The summed E-state index contributed by atoms with van der Waals surface area (Å²) in [6.45, 7) is 1.39. The predicted molar refractivity (Wildman–Crippen MR) is 126 cm³/mol. The van der Waals surface area contributed by atoms with Crippen LogP contribution in [-0.4, -0.2) is 36.2 Å². The Morgan fingerprint density at radius 1 is 1.06 bits per heavy atom. The Morgan fingerprint density at radius 2 is 1.84 bits per heavy atom. The van der Waals surface area contributed by atoms with Crippen LogP contribution in [0.5, 0.6) is 11.5 Å². The van der Waals surface area contributed by atoms with Crippen LogP contribution < -0.4 is 14.8 Å². The van der Waals surface area contributed by atoms with Crippen LogP contribution in [-0.2, 0) is 19.4 Å². The highest BCUT2D eigenvalue weighted by molar-refractivity contribution is 6.30. The first-order valence-electron chi connectivity index (χ1n) is 10.9. The zero-order valence-corrected chi connectivity index (χ0v) is 19.2. The van der Waals surface area contributed by atoms with Gasteiger partial charge in [0.1, 0.15) is 11.5 Å². The zero-order chi connectivity index (χ0) is 22.5. The van der Waals surface area contributed by atoms with Crippen LogP contribution in [0.4, 0.5) is 0 Å². The van der Waals surface area contributed by atoms with Crippen molar-refractivity contribution in [3.63, 3.8) is 0 Å². The summed E-state index contributed by atoms with van der Waals surface area (Å²) >= 11 is 6.06. The molecule has 3 aromatic rings. The number of carbonyl (C=O) groups is 1. The second-order valence-corrected chi connectivity index (χ2v) is 8.33. The molecule has 2 heterocycles. The molecule has 0 unspecified atom stereocenters. The van der Waals surface area contributed by atoms with Gasteiger partial charge < -0.3 is 19.4 Å². The fourth-order valence-corrected chi connectivity index (χ4v) is 4.29. The van der Waals surface area contributed by atoms with Gasteiger partial charge in [-0.3, -0.25) is 4.79 Å². The smallest absolute Gasteiger partial charge is 0.271 e. The Kier molecular flexibility index (Phi) is 7.00. The number of carbonyl (C=O) groups excluding carboxylic acids is 1. The van der Waals surface area contributed by atoms with Crippen molar-refractivity contribution in [3.05, 3.63) is 64.4 Å². The average Bonchev–Trinajstić information content (AvgIpc) is 3.00. The summed E-state index contributed by atoms with van der Waals surface area (Å²) in [7, 11) is 3.23. The van der Waals surface area contributed by atoms with E-state index in [1.807, 2.05) is 42.5 Å². The molecular formula is C25H28ClN3O3. The zero-order valence-electron chi connectivity index (χ0n) is 18.5. The standard InChI is InChI=1S/C25H28ClN3O3/c1-31-21-12-7-17(16-22(21)32-2)13-14-27-25(30)23-20-6-4-3-5-15-29(20)24(28-23)18-8-10-19(26)11-9-18/h7-12,16H,3-6,13-15H2,1-2H3,(H,27,30). The van der Waals surface area contributed by atoms with Gasteiger partial charge in [-0.2, -0.15) is 0 Å². The molecule has 0 bridgehead atoms. The lowest BCUT2D eigenvalue weighted by molar-refractivity contribution is 0.0948. The lowest BCUT2D eigenvalue weighted by Crippen LogP contribution is -2.27. The summed E-state index contributed by atoms with van der Waals surface area (Å²) in [6, 6.07) is 13.4. The Labute approximate surface area is 193 Å². The van der Waals surface area contributed by atoms with Gasteiger partial charge in [-0.15, -0.1) is 0 Å². The maximum atomic E-state index is 13.1. The average molecular weight is 454 g/mol. The quantitative estimate of drug-likeness (QED) is 0.551. The van der Waals surface area contributed by atoms with Crippen molar-refractivity contribution in [3.8, 4) is 22.9 Å². The molecule has 0 spiro atoms. The van der Waals surface area contributed by atoms with Crippen molar-refractivity contribution in [2.45, 2.75) is 38.6 Å². The summed E-state index contributed by atoms with van der Waals surface area (Å²) < 4.78 is 12.9. The highest BCUT2D eigenvalue weighted by atomic mass is 35.5. The van der Waals surface area contributed by atoms with E-state index in [2.05, 4.69) is 9.88 Å². The van der Waals surface area contributed by atoms with Gasteiger partial charge in [0, 0.05) is 23.7 Å². The molecule has 168 valence electrons. The van der Waals surface area contributed by atoms with Crippen molar-refractivity contribution in [1.82, 2.24) is 14.9 Å². The van der Waals surface area contributed by atoms with Crippen LogP contribution in [0.1, 0.15) is 41.0 Å². The molecule has 4 rings (SSSR count). The number of ether oxygens (including phenoxy) is 2. The Hall–Kier alpha value is -2.99. The molecule has 0 atom stereocenters. The number of hydrogen-bond donors (Lipinski definition) is 1. The second-order valence-electron chi connectivity index (χ2n) is 7.90. The van der Waals surface area contributed by atoms with E-state index >= 15 is 0 Å². The Balaban J connectivity index is 1.51. The summed E-state index contributed by atoms with van der Waals surface area (Å²) in [4.78, 5) is 17.9. The van der Waals surface area contributed by atoms with Crippen molar-refractivity contribution in [2.24, 2.45) is 0 Å². The van der Waals surface area contributed by atoms with Gasteiger partial charge in [0.2, 0.25) is 0 Å². The normalized spacial score (nSPS) is 13.2. The molecular weight excluding hydrogens is 426 g/mol. The maximum Gasteiger partial charge on any atom is 0.271 e. The van der Waals surface area contributed by atoms with Crippen LogP contribution >= 0.6 is 11.6 Å². The number of hydrogen-bond acceptors (Lipinski definition) is 4. The van der Waals surface area contributed by atoms with Crippen LogP contribution in [0, 0.1) is 0 Å². The van der Waals surface area contributed by atoms with Gasteiger partial charge in [0.05, 0.1) is 19.9 Å². The summed E-state index contributed by atoms with van der Waals surface area (Å²) in [6.07, 6.45) is 4.86. The number of amides is 1. The third-order valence-electron chi connectivity index (χ3n) is 5.83. The lowest BCUT2D eigenvalue weighted by atomic mass is 10.1. The van der Waals surface area contributed by atoms with E-state index in [-0.39, 0.29) is 5.91 Å². The molecule has 0 fully saturated rings. The first-order valence-corrected chi connectivity index (χ1v) is 11.3. The van der Waals surface area contributed by atoms with Crippen molar-refractivity contribution in [2.75, 3.05) is 20.8 Å². The van der Waals surface area contributed by atoms with Gasteiger partial charge in [0.25, 0.3) is 5.91 Å². The molecule has 2 aromatic carbocycles. The van der Waals surface area contributed by atoms with Gasteiger partial charge in [-0.05, 0) is 67.6 Å². The molecule has 0 radical (unpaired) electrons. The Bertz CT molecular complexity index is 1090. The summed E-state index contributed by atoms with van der Waals surface area (Å²) in [5.41, 5.74) is 3.59. The number of halogens is 1. The number of benzene rings is 2. The molecule has 1 amide bonds. The van der Waals surface area contributed by atoms with Gasteiger partial charge in [-0.1, -0.05) is 24.1 Å². The van der Waals surface area contributed by atoms with E-state index in [4.69, 9.17) is 26.1 Å². The van der Waals surface area contributed by atoms with Crippen LogP contribution in [0.3, 0.4) is 0 Å². The fourth-order valence-electron chi connectivity index (χ4n) is 4.16. The fraction of sp³-hybridized carbons (Fsp3) is 0.360. The molecule has 1 N–H and O–H groups in total. The lowest BCUT2D eigenvalue weighted by Gasteiger charge is -2.10. The maximum absolute atomic E-state index is 13.1. The van der Waals surface area contributed by atoms with E-state index in [0.717, 1.165) is 54.9 Å². The minimum atomic E-state index is -0.128. The molecule has 1 aliphatic rings. The minimum absolute atomic E-state index is 0.128. The first-order chi connectivity index (χ1) is 15.6. The number of nitrogens with one attached hydrogen (secondary N) is 1. The van der Waals surface area contributed by atoms with E-state index in [1.54, 1.807) is 14.2 Å². The highest BCUT2D eigenvalue weighted by Gasteiger charge is 2.24. The highest BCUT2D eigenvalue weighted by Crippen LogP contribution is 2.29. The monoisotopic (exact) mass is 453 g/mol. The number of imidazole rings is 1. The van der Waals surface area contributed by atoms with Crippen molar-refractivity contribution in [1.29, 1.82) is 0 Å². The Morgan fingerprint density at radius 3 is 2.59 bits per heavy atom. The second kappa shape index (κ2) is 10.1. The molecule has 7 heteroatoms. The van der Waals surface area contributed by atoms with Gasteiger partial charge in [0.15, 0.2) is 11.5 Å². The van der Waals surface area contributed by atoms with Crippen LogP contribution in [0.2, 0.25) is 5.02 Å². The van der Waals surface area contributed by atoms with E-state index in [1.165, 1.54) is 0 Å². The predicted octanol–water partition coefficient (Wildman–Crippen LogP) is 4.92. The number of fused-ring (bicyclic) bond motifs is 1. The molecule has 0 saturated carbocycles. The number of methoxy groups -OCH3 is 2. The third-order valence-corrected chi connectivity index (χ3v) is 6.08. The number of aromatic nitrogens is 2. The van der Waals surface area contributed by atoms with E-state index in [9.17, 15) is 4.79 Å². The van der Waals surface area contributed by atoms with Crippen LogP contribution in [0.15, 0.2) is 42.5 Å². The molecule has 0 aliphatic carbocycles. The summed E-state index contributed by atoms with van der Waals surface area (Å²) in [5, 5.41) is 3.73. The number of rotatable bonds is 7. The third kappa shape index (κ3) is 4.75. The minimum Gasteiger partial charge on any atom is -0.493 e. The largest absolute Gasteiger partial charge is 0.493 e. The van der Waals surface area contributed by atoms with Crippen LogP contribution in [0.25, 0.3) is 11.4 Å². The molecule has 32 heavy (non-hydrogen) atoms. The molecule has 1 aromatic heterocycles. The van der Waals surface area contributed by atoms with Crippen molar-refractivity contribution >= 4 is 17.5 Å². The summed E-state index contributed by atoms with van der Waals surface area (Å²) in [5.74, 6) is 2.08. The van der Waals surface area contributed by atoms with Gasteiger partial charge >= 0.3 is 0 Å². The van der Waals surface area contributed by atoms with Gasteiger partial charge in [-0.25, -0.2) is 4.98 Å². The molecule has 0 saturated heterocycles. The van der Waals surface area contributed by atoms with Crippen molar-refractivity contribution < 1.29 is 14.3 Å². The topological polar surface area (TPSA) is 65.4 Å². The first kappa shape index (κ1) is 22.2. The van der Waals surface area contributed by atoms with E-state index in [0.29, 0.717) is 35.2 Å². The molecule has 1 aliphatic heterocycles. The number of nitrogens with zero attached hydrogens (tertiary/aromatic N) is 2.